The zero-order valence-corrected chi connectivity index (χ0v) is 20.9. The molecule has 3 N–H and O–H groups in total. The molecule has 9 nitrogen and oxygen atoms in total. The minimum Gasteiger partial charge on any atom is -0.491 e. The highest BCUT2D eigenvalue weighted by Gasteiger charge is 2.21. The van der Waals surface area contributed by atoms with Gasteiger partial charge >= 0.3 is 6.03 Å². The summed E-state index contributed by atoms with van der Waals surface area (Å²) >= 11 is 0. The van der Waals surface area contributed by atoms with Crippen LogP contribution >= 0.6 is 0 Å². The van der Waals surface area contributed by atoms with Gasteiger partial charge in [-0.2, -0.15) is 9.78 Å². The molecule has 1 saturated heterocycles. The molecule has 1 unspecified atom stereocenters. The number of fused-ring (bicyclic) bond motifs is 1. The van der Waals surface area contributed by atoms with Crippen LogP contribution in [-0.4, -0.2) is 44.7 Å². The molecule has 1 aliphatic heterocycles. The van der Waals surface area contributed by atoms with Crippen molar-refractivity contribution >= 4 is 28.6 Å². The number of nitrogen functional groups attached to an aromatic ring is 1. The molecule has 0 spiro atoms. The zero-order valence-electron chi connectivity index (χ0n) is 20.9. The number of imidazole rings is 1. The lowest BCUT2D eigenvalue weighted by Crippen LogP contribution is -2.25. The first-order valence-corrected chi connectivity index (χ1v) is 12.3. The highest BCUT2D eigenvalue weighted by molar-refractivity contribution is 5.92. The van der Waals surface area contributed by atoms with E-state index < -0.39 is 6.03 Å². The first kappa shape index (κ1) is 23.9. The lowest BCUT2D eigenvalue weighted by molar-refractivity contribution is -0.0110. The van der Waals surface area contributed by atoms with Crippen molar-refractivity contribution in [1.29, 1.82) is 0 Å². The fourth-order valence-electron chi connectivity index (χ4n) is 4.22. The van der Waals surface area contributed by atoms with Gasteiger partial charge in [0.1, 0.15) is 24.5 Å². The molecule has 0 saturated carbocycles. The Labute approximate surface area is 210 Å². The average molecular weight is 489 g/mol. The van der Waals surface area contributed by atoms with Crippen molar-refractivity contribution in [3.63, 3.8) is 0 Å². The molecule has 5 rings (SSSR count). The molecular formula is C27H32N6O3. The van der Waals surface area contributed by atoms with E-state index in [0.29, 0.717) is 18.1 Å². The Kier molecular flexibility index (Phi) is 6.40. The van der Waals surface area contributed by atoms with Gasteiger partial charge in [-0.3, -0.25) is 4.57 Å². The van der Waals surface area contributed by atoms with Gasteiger partial charge in [-0.05, 0) is 55.7 Å². The van der Waals surface area contributed by atoms with Gasteiger partial charge in [0.2, 0.25) is 0 Å². The number of hydrogen-bond donors (Lipinski definition) is 2. The number of nitrogens with one attached hydrogen (secondary N) is 1. The molecule has 3 heterocycles. The third-order valence-corrected chi connectivity index (χ3v) is 6.32. The minimum atomic E-state index is -0.407. The third kappa shape index (κ3) is 5.06. The van der Waals surface area contributed by atoms with Crippen molar-refractivity contribution in [2.45, 2.75) is 51.6 Å². The van der Waals surface area contributed by atoms with Crippen molar-refractivity contribution in [3.05, 3.63) is 60.6 Å². The second-order valence-corrected chi connectivity index (χ2v) is 10.2. The van der Waals surface area contributed by atoms with E-state index in [4.69, 9.17) is 15.2 Å². The predicted octanol–water partition coefficient (Wildman–Crippen LogP) is 5.13. The summed E-state index contributed by atoms with van der Waals surface area (Å²) in [5.41, 5.74) is 9.95. The van der Waals surface area contributed by atoms with E-state index in [1.54, 1.807) is 12.4 Å². The number of rotatable bonds is 5. The van der Waals surface area contributed by atoms with Crippen LogP contribution in [0.4, 0.5) is 16.3 Å². The molecule has 0 radical (unpaired) electrons. The Balaban J connectivity index is 1.26. The van der Waals surface area contributed by atoms with Crippen LogP contribution in [0.1, 0.15) is 45.7 Å². The highest BCUT2D eigenvalue weighted by Crippen LogP contribution is 2.25. The van der Waals surface area contributed by atoms with E-state index in [-0.39, 0.29) is 11.5 Å². The topological polar surface area (TPSA) is 109 Å². The van der Waals surface area contributed by atoms with Gasteiger partial charge in [-0.1, -0.05) is 20.8 Å². The van der Waals surface area contributed by atoms with Crippen LogP contribution in [0.2, 0.25) is 0 Å². The number of anilines is 2. The maximum Gasteiger partial charge on any atom is 0.348 e. The summed E-state index contributed by atoms with van der Waals surface area (Å²) in [4.78, 5) is 17.3. The summed E-state index contributed by atoms with van der Waals surface area (Å²) in [5.74, 6) is 1.08. The molecule has 1 fully saturated rings. The van der Waals surface area contributed by atoms with Crippen LogP contribution in [0.3, 0.4) is 0 Å². The number of hydrogen-bond acceptors (Lipinski definition) is 6. The molecule has 9 heteroatoms. The molecular weight excluding hydrogens is 456 g/mol. The molecule has 4 aromatic rings. The van der Waals surface area contributed by atoms with Crippen molar-refractivity contribution in [1.82, 2.24) is 19.3 Å². The molecule has 2 aromatic carbocycles. The van der Waals surface area contributed by atoms with Crippen molar-refractivity contribution < 1.29 is 14.3 Å². The van der Waals surface area contributed by atoms with Crippen LogP contribution in [0.5, 0.6) is 5.75 Å². The largest absolute Gasteiger partial charge is 0.491 e. The first-order chi connectivity index (χ1) is 17.3. The number of carbonyl (C=O) groups is 1. The summed E-state index contributed by atoms with van der Waals surface area (Å²) in [6.45, 7) is 7.44. The molecule has 1 amide bonds. The van der Waals surface area contributed by atoms with Gasteiger partial charge in [-0.25, -0.2) is 9.78 Å². The molecule has 1 atom stereocenters. The summed E-state index contributed by atoms with van der Waals surface area (Å²) in [7, 11) is 0. The second-order valence-electron chi connectivity index (χ2n) is 10.2. The number of nitrogens with zero attached hydrogens (tertiary/aromatic N) is 4. The van der Waals surface area contributed by atoms with Crippen molar-refractivity contribution in [2.75, 3.05) is 24.3 Å². The second kappa shape index (κ2) is 9.66. The fraction of sp³-hybridized carbons (Fsp3) is 0.370. The number of carbonyl (C=O) groups excluding carboxylic acids is 1. The summed E-state index contributed by atoms with van der Waals surface area (Å²) in [6.07, 6.45) is 5.31. The summed E-state index contributed by atoms with van der Waals surface area (Å²) in [5, 5.41) is 7.22. The van der Waals surface area contributed by atoms with Crippen molar-refractivity contribution in [2.24, 2.45) is 0 Å². The molecule has 2 aromatic heterocycles. The van der Waals surface area contributed by atoms with E-state index in [2.05, 4.69) is 15.4 Å². The normalized spacial score (nSPS) is 16.2. The van der Waals surface area contributed by atoms with Crippen LogP contribution < -0.4 is 15.8 Å². The van der Waals surface area contributed by atoms with Gasteiger partial charge in [0.15, 0.2) is 0 Å². The Morgan fingerprint density at radius 3 is 2.67 bits per heavy atom. The lowest BCUT2D eigenvalue weighted by atomic mass is 9.92. The van der Waals surface area contributed by atoms with E-state index >= 15 is 0 Å². The Morgan fingerprint density at radius 1 is 1.17 bits per heavy atom. The first-order valence-electron chi connectivity index (χ1n) is 12.3. The molecule has 188 valence electrons. The number of benzene rings is 2. The average Bonchev–Trinajstić information content (AvgIpc) is 3.47. The quantitative estimate of drug-likeness (QED) is 0.403. The van der Waals surface area contributed by atoms with E-state index in [0.717, 1.165) is 47.6 Å². The van der Waals surface area contributed by atoms with Crippen LogP contribution in [0.15, 0.2) is 54.9 Å². The van der Waals surface area contributed by atoms with Gasteiger partial charge in [-0.15, -0.1) is 0 Å². The predicted molar refractivity (Wildman–Crippen MR) is 140 cm³/mol. The fourth-order valence-corrected chi connectivity index (χ4v) is 4.22. The van der Waals surface area contributed by atoms with Crippen molar-refractivity contribution in [3.8, 4) is 11.4 Å². The minimum absolute atomic E-state index is 0.163. The highest BCUT2D eigenvalue weighted by atomic mass is 16.5. The maximum absolute atomic E-state index is 12.7. The van der Waals surface area contributed by atoms with Crippen LogP contribution in [-0.2, 0) is 10.2 Å². The van der Waals surface area contributed by atoms with E-state index in [1.807, 2.05) is 67.8 Å². The van der Waals surface area contributed by atoms with E-state index in [1.165, 1.54) is 11.1 Å². The molecule has 36 heavy (non-hydrogen) atoms. The summed E-state index contributed by atoms with van der Waals surface area (Å²) < 4.78 is 14.9. The monoisotopic (exact) mass is 488 g/mol. The zero-order chi connectivity index (χ0) is 25.3. The number of ether oxygens (including phenoxy) is 2. The Hall–Kier alpha value is -3.85. The summed E-state index contributed by atoms with van der Waals surface area (Å²) in [6, 6.07) is 14.8. The number of amides is 1. The van der Waals surface area contributed by atoms with Gasteiger partial charge in [0.05, 0.1) is 22.8 Å². The standard InChI is InChI=1S/C27H32N6O3/c1-27(2,3)24-15-25(28)33(31-24)26(34)30-18-7-9-19(10-8-18)32-17-29-22-14-20(11-12-23(22)32)36-16-21-6-4-5-13-35-21/h7-12,14-15,17,21H,4-6,13,16,28H2,1-3H3,(H,30,34). The molecule has 0 aliphatic carbocycles. The van der Waals surface area contributed by atoms with Gasteiger partial charge in [0.25, 0.3) is 0 Å². The Morgan fingerprint density at radius 2 is 1.97 bits per heavy atom. The number of nitrogens with two attached hydrogens (primary N) is 1. The molecule has 0 bridgehead atoms. The molecule has 1 aliphatic rings. The lowest BCUT2D eigenvalue weighted by Gasteiger charge is -2.22. The third-order valence-electron chi connectivity index (χ3n) is 6.32. The maximum atomic E-state index is 12.7. The van der Waals surface area contributed by atoms with E-state index in [9.17, 15) is 4.79 Å². The van der Waals surface area contributed by atoms with Crippen LogP contribution in [0.25, 0.3) is 16.7 Å². The van der Waals surface area contributed by atoms with Gasteiger partial charge in [0, 0.05) is 35.5 Å². The SMILES string of the molecule is CC(C)(C)c1cc(N)n(C(=O)Nc2ccc(-n3cnc4cc(OCC5CCCCO5)ccc43)cc2)n1. The van der Waals surface area contributed by atoms with Crippen LogP contribution in [0, 0.1) is 0 Å². The number of aromatic nitrogens is 4. The van der Waals surface area contributed by atoms with Gasteiger partial charge < -0.3 is 20.5 Å². The Bertz CT molecular complexity index is 1360. The smallest absolute Gasteiger partial charge is 0.348 e.